The Labute approximate surface area is 144 Å². The normalized spacial score (nSPS) is 11.8. The maximum atomic E-state index is 13.0. The summed E-state index contributed by atoms with van der Waals surface area (Å²) in [4.78, 5) is 15.6. The maximum absolute atomic E-state index is 13.0. The molecule has 0 spiro atoms. The number of imidazole rings is 1. The van der Waals surface area contributed by atoms with Gasteiger partial charge < -0.3 is 10.2 Å². The first-order chi connectivity index (χ1) is 11.8. The van der Waals surface area contributed by atoms with E-state index < -0.39 is 22.6 Å². The average Bonchev–Trinajstić information content (AvgIpc) is 2.90. The molecule has 0 fully saturated rings. The number of fused-ring (bicyclic) bond motifs is 1. The highest BCUT2D eigenvalue weighted by Crippen LogP contribution is 2.27. The highest BCUT2D eigenvalue weighted by Gasteiger charge is 2.24. The van der Waals surface area contributed by atoms with Gasteiger partial charge in [-0.15, -0.1) is 0 Å². The van der Waals surface area contributed by atoms with E-state index in [4.69, 9.17) is 0 Å². The van der Waals surface area contributed by atoms with Crippen LogP contribution in [0.2, 0.25) is 0 Å². The largest absolute Gasteiger partial charge is 0.478 e. The van der Waals surface area contributed by atoms with Gasteiger partial charge in [0.1, 0.15) is 5.82 Å². The van der Waals surface area contributed by atoms with Crippen molar-refractivity contribution in [1.82, 2.24) is 8.96 Å². The Kier molecular flexibility index (Phi) is 4.09. The molecule has 0 aliphatic heterocycles. The Morgan fingerprint density at radius 2 is 1.80 bits per heavy atom. The molecule has 8 heteroatoms. The minimum Gasteiger partial charge on any atom is -0.478 e. The molecule has 1 heterocycles. The van der Waals surface area contributed by atoms with Crippen LogP contribution in [0.25, 0.3) is 11.0 Å². The number of aromatic carboxylic acids is 1. The van der Waals surface area contributed by atoms with Crippen LogP contribution in [-0.4, -0.2) is 33.6 Å². The van der Waals surface area contributed by atoms with Gasteiger partial charge in [-0.1, -0.05) is 17.7 Å². The van der Waals surface area contributed by atoms with Gasteiger partial charge in [-0.25, -0.2) is 22.2 Å². The summed E-state index contributed by atoms with van der Waals surface area (Å²) in [5.74, 6) is -1.03. The lowest BCUT2D eigenvalue weighted by Gasteiger charge is -2.10. The van der Waals surface area contributed by atoms with Crippen LogP contribution in [0.4, 0.5) is 0 Å². The number of carbonyl (C=O) groups is 1. The van der Waals surface area contributed by atoms with Gasteiger partial charge in [0.25, 0.3) is 10.0 Å². The summed E-state index contributed by atoms with van der Waals surface area (Å²) in [5, 5.41) is 18.8. The van der Waals surface area contributed by atoms with Gasteiger partial charge in [0.15, 0.2) is 0 Å². The number of hydrogen-bond donors (Lipinski definition) is 2. The summed E-state index contributed by atoms with van der Waals surface area (Å²) < 4.78 is 27.1. The van der Waals surface area contributed by atoms with Crippen molar-refractivity contribution in [2.45, 2.75) is 25.3 Å². The first-order valence-corrected chi connectivity index (χ1v) is 8.88. The number of rotatable bonds is 4. The molecule has 7 nitrogen and oxygen atoms in total. The number of aromatic nitrogens is 2. The average molecular weight is 360 g/mol. The van der Waals surface area contributed by atoms with Crippen molar-refractivity contribution in [3.63, 3.8) is 0 Å². The summed E-state index contributed by atoms with van der Waals surface area (Å²) >= 11 is 0. The van der Waals surface area contributed by atoms with E-state index >= 15 is 0 Å². The molecule has 0 radical (unpaired) electrons. The predicted molar refractivity (Wildman–Crippen MR) is 91.1 cm³/mol. The van der Waals surface area contributed by atoms with Gasteiger partial charge in [0.05, 0.1) is 28.1 Å². The third kappa shape index (κ3) is 2.79. The predicted octanol–water partition coefficient (Wildman–Crippen LogP) is 2.08. The second-order valence-corrected chi connectivity index (χ2v) is 7.49. The van der Waals surface area contributed by atoms with Crippen LogP contribution >= 0.6 is 0 Å². The highest BCUT2D eigenvalue weighted by molar-refractivity contribution is 7.90. The van der Waals surface area contributed by atoms with Crippen molar-refractivity contribution in [3.05, 3.63) is 58.9 Å². The molecule has 2 aromatic carbocycles. The zero-order chi connectivity index (χ0) is 18.4. The molecular weight excluding hydrogens is 344 g/mol. The van der Waals surface area contributed by atoms with Crippen molar-refractivity contribution < 1.29 is 23.4 Å². The molecule has 0 unspecified atom stereocenters. The van der Waals surface area contributed by atoms with E-state index in [-0.39, 0.29) is 32.9 Å². The lowest BCUT2D eigenvalue weighted by Crippen LogP contribution is -2.15. The summed E-state index contributed by atoms with van der Waals surface area (Å²) in [6, 6.07) is 8.89. The Bertz CT molecular complexity index is 1080. The van der Waals surface area contributed by atoms with E-state index in [2.05, 4.69) is 4.98 Å². The van der Waals surface area contributed by atoms with Crippen molar-refractivity contribution in [3.8, 4) is 0 Å². The zero-order valence-electron chi connectivity index (χ0n) is 13.6. The van der Waals surface area contributed by atoms with Crippen molar-refractivity contribution in [1.29, 1.82) is 0 Å². The van der Waals surface area contributed by atoms with Gasteiger partial charge in [-0.3, -0.25) is 0 Å². The van der Waals surface area contributed by atoms with Crippen LogP contribution < -0.4 is 0 Å². The zero-order valence-corrected chi connectivity index (χ0v) is 14.4. The van der Waals surface area contributed by atoms with Crippen LogP contribution in [0.5, 0.6) is 0 Å². The third-order valence-electron chi connectivity index (χ3n) is 3.93. The SMILES string of the molecule is Cc1ccc(S(=O)(=O)n2c(C)nc3c(CO)cc(C(=O)O)cc32)cc1. The summed E-state index contributed by atoms with van der Waals surface area (Å²) in [6.45, 7) is 2.92. The fourth-order valence-electron chi connectivity index (χ4n) is 2.71. The minimum absolute atomic E-state index is 0.0757. The first-order valence-electron chi connectivity index (χ1n) is 7.44. The summed E-state index contributed by atoms with van der Waals surface area (Å²) in [7, 11) is -3.96. The highest BCUT2D eigenvalue weighted by atomic mass is 32.2. The summed E-state index contributed by atoms with van der Waals surface area (Å²) in [6.07, 6.45) is 0. The van der Waals surface area contributed by atoms with Crippen molar-refractivity contribution in [2.24, 2.45) is 0 Å². The number of carboxylic acid groups (broad SMARTS) is 1. The van der Waals surface area contributed by atoms with E-state index in [1.807, 2.05) is 6.92 Å². The Hall–Kier alpha value is -2.71. The molecule has 0 aliphatic carbocycles. The monoisotopic (exact) mass is 360 g/mol. The number of carboxylic acids is 1. The lowest BCUT2D eigenvalue weighted by atomic mass is 10.1. The molecule has 0 aliphatic rings. The molecule has 0 atom stereocenters. The molecule has 3 rings (SSSR count). The van der Waals surface area contributed by atoms with E-state index in [0.29, 0.717) is 0 Å². The standard InChI is InChI=1S/C17H16N2O5S/c1-10-3-5-14(6-4-10)25(23,24)19-11(2)18-16-13(9-20)7-12(17(21)22)8-15(16)19/h3-8,20H,9H2,1-2H3,(H,21,22). The van der Waals surface area contributed by atoms with Crippen molar-refractivity contribution >= 4 is 27.0 Å². The van der Waals surface area contributed by atoms with Gasteiger partial charge >= 0.3 is 5.97 Å². The molecule has 1 aromatic heterocycles. The number of nitrogens with zero attached hydrogens (tertiary/aromatic N) is 2. The molecule has 2 N–H and O–H groups in total. The Morgan fingerprint density at radius 3 is 2.36 bits per heavy atom. The number of aliphatic hydroxyl groups excluding tert-OH is 1. The molecule has 0 amide bonds. The topological polar surface area (TPSA) is 109 Å². The fourth-order valence-corrected chi connectivity index (χ4v) is 4.18. The van der Waals surface area contributed by atoms with Crippen LogP contribution in [0, 0.1) is 13.8 Å². The van der Waals surface area contributed by atoms with E-state index in [1.165, 1.54) is 31.2 Å². The van der Waals surface area contributed by atoms with E-state index in [0.717, 1.165) is 9.54 Å². The quantitative estimate of drug-likeness (QED) is 0.737. The van der Waals surface area contributed by atoms with Crippen LogP contribution in [0.1, 0.15) is 27.3 Å². The van der Waals surface area contributed by atoms with Gasteiger partial charge in [-0.05, 0) is 38.1 Å². The minimum atomic E-state index is -3.96. The lowest BCUT2D eigenvalue weighted by molar-refractivity contribution is 0.0697. The third-order valence-corrected chi connectivity index (χ3v) is 5.74. The molecule has 25 heavy (non-hydrogen) atoms. The van der Waals surface area contributed by atoms with E-state index in [1.54, 1.807) is 12.1 Å². The molecular formula is C17H16N2O5S. The van der Waals surface area contributed by atoms with Gasteiger partial charge in [-0.2, -0.15) is 0 Å². The number of benzene rings is 2. The Morgan fingerprint density at radius 1 is 1.16 bits per heavy atom. The van der Waals surface area contributed by atoms with Gasteiger partial charge in [0.2, 0.25) is 0 Å². The van der Waals surface area contributed by atoms with Gasteiger partial charge in [0, 0.05) is 5.56 Å². The second kappa shape index (κ2) is 5.98. The van der Waals surface area contributed by atoms with Crippen molar-refractivity contribution in [2.75, 3.05) is 0 Å². The molecule has 0 bridgehead atoms. The summed E-state index contributed by atoms with van der Waals surface area (Å²) in [5.41, 5.74) is 1.46. The number of aryl methyl sites for hydroxylation is 2. The molecule has 130 valence electrons. The molecule has 0 saturated heterocycles. The number of aliphatic hydroxyl groups is 1. The fraction of sp³-hybridized carbons (Fsp3) is 0.176. The number of hydrogen-bond acceptors (Lipinski definition) is 5. The molecule has 0 saturated carbocycles. The second-order valence-electron chi connectivity index (χ2n) is 5.71. The van der Waals surface area contributed by atoms with Crippen LogP contribution in [0.3, 0.4) is 0 Å². The smallest absolute Gasteiger partial charge is 0.335 e. The van der Waals surface area contributed by atoms with E-state index in [9.17, 15) is 23.4 Å². The van der Waals surface area contributed by atoms with Crippen LogP contribution in [-0.2, 0) is 16.6 Å². The molecule has 3 aromatic rings. The maximum Gasteiger partial charge on any atom is 0.335 e. The Balaban J connectivity index is 2.36. The van der Waals surface area contributed by atoms with Crippen LogP contribution in [0.15, 0.2) is 41.3 Å². The first kappa shape index (κ1) is 17.1.